The number of anilines is 1. The highest BCUT2D eigenvalue weighted by Crippen LogP contribution is 2.20. The molecule has 1 fully saturated rings. The Morgan fingerprint density at radius 3 is 2.34 bits per heavy atom. The van der Waals surface area contributed by atoms with E-state index in [2.05, 4.69) is 59.6 Å². The minimum Gasteiger partial charge on any atom is -0.444 e. The topological polar surface area (TPSA) is 50.8 Å². The van der Waals surface area contributed by atoms with Crippen LogP contribution in [0.5, 0.6) is 0 Å². The first kappa shape index (κ1) is 21.2. The summed E-state index contributed by atoms with van der Waals surface area (Å²) in [7, 11) is 0. The first-order valence-corrected chi connectivity index (χ1v) is 10.3. The molecule has 3 rings (SSSR count). The van der Waals surface area contributed by atoms with Crippen molar-refractivity contribution in [1.29, 1.82) is 0 Å². The highest BCUT2D eigenvalue weighted by Gasteiger charge is 2.16. The molecule has 1 aliphatic heterocycles. The second-order valence-electron chi connectivity index (χ2n) is 8.62. The Morgan fingerprint density at radius 1 is 1.03 bits per heavy atom. The molecule has 0 aromatic heterocycles. The molecule has 0 saturated carbocycles. The zero-order valence-corrected chi connectivity index (χ0v) is 18.0. The molecule has 5 nitrogen and oxygen atoms in total. The molecule has 1 heterocycles. The van der Waals surface area contributed by atoms with Gasteiger partial charge < -0.3 is 19.7 Å². The van der Waals surface area contributed by atoms with Gasteiger partial charge in [-0.2, -0.15) is 0 Å². The van der Waals surface area contributed by atoms with Crippen molar-refractivity contribution in [2.45, 2.75) is 46.3 Å². The fraction of sp³-hybridized carbons (Fsp3) is 0.458. The molecule has 2 aromatic carbocycles. The molecule has 1 N–H and O–H groups in total. The maximum atomic E-state index is 11.9. The molecule has 0 spiro atoms. The zero-order valence-electron chi connectivity index (χ0n) is 18.0. The molecular weight excluding hydrogens is 364 g/mol. The molecule has 0 aliphatic carbocycles. The summed E-state index contributed by atoms with van der Waals surface area (Å²) >= 11 is 0. The van der Waals surface area contributed by atoms with Crippen LogP contribution >= 0.6 is 0 Å². The standard InChI is InChI=1S/C24H32N2O3/c1-18-13-20(16-21(14-18)17-25-23(27)29-24(2,3)4)15-19-5-7-22(8-6-19)26-9-11-28-12-10-26/h5-8,13-14,16H,9-12,15,17H2,1-4H3,(H,25,27). The third-order valence-electron chi connectivity index (χ3n) is 4.75. The normalized spacial score (nSPS) is 14.6. The van der Waals surface area contributed by atoms with Crippen LogP contribution < -0.4 is 10.2 Å². The van der Waals surface area contributed by atoms with Crippen molar-refractivity contribution in [3.05, 3.63) is 64.7 Å². The van der Waals surface area contributed by atoms with E-state index in [1.807, 2.05) is 20.8 Å². The Labute approximate surface area is 174 Å². The molecule has 0 atom stereocenters. The van der Waals surface area contributed by atoms with E-state index in [-0.39, 0.29) is 6.09 Å². The van der Waals surface area contributed by atoms with Gasteiger partial charge in [-0.05, 0) is 62.9 Å². The summed E-state index contributed by atoms with van der Waals surface area (Å²) in [6, 6.07) is 15.2. The van der Waals surface area contributed by atoms with E-state index in [4.69, 9.17) is 9.47 Å². The zero-order chi connectivity index (χ0) is 20.9. The van der Waals surface area contributed by atoms with E-state index >= 15 is 0 Å². The number of morpholine rings is 1. The summed E-state index contributed by atoms with van der Waals surface area (Å²) in [4.78, 5) is 14.3. The number of hydrogen-bond acceptors (Lipinski definition) is 4. The first-order valence-electron chi connectivity index (χ1n) is 10.3. The van der Waals surface area contributed by atoms with Crippen LogP contribution in [-0.2, 0) is 22.4 Å². The number of alkyl carbamates (subject to hydrolysis) is 1. The summed E-state index contributed by atoms with van der Waals surface area (Å²) in [6.07, 6.45) is 0.476. The van der Waals surface area contributed by atoms with Crippen molar-refractivity contribution < 1.29 is 14.3 Å². The first-order chi connectivity index (χ1) is 13.8. The Bertz CT molecular complexity index is 819. The van der Waals surface area contributed by atoms with E-state index < -0.39 is 5.60 Å². The Hall–Kier alpha value is -2.53. The summed E-state index contributed by atoms with van der Waals surface area (Å²) in [5.41, 5.74) is 5.55. The van der Waals surface area contributed by atoms with E-state index in [0.717, 1.165) is 38.3 Å². The molecule has 0 unspecified atom stereocenters. The highest BCUT2D eigenvalue weighted by atomic mass is 16.6. The minimum atomic E-state index is -0.491. The van der Waals surface area contributed by atoms with Crippen molar-refractivity contribution in [2.75, 3.05) is 31.2 Å². The maximum Gasteiger partial charge on any atom is 0.407 e. The van der Waals surface area contributed by atoms with E-state index in [1.165, 1.54) is 22.4 Å². The lowest BCUT2D eigenvalue weighted by molar-refractivity contribution is 0.0523. The van der Waals surface area contributed by atoms with Gasteiger partial charge in [0.25, 0.3) is 0 Å². The number of amides is 1. The molecular formula is C24H32N2O3. The van der Waals surface area contributed by atoms with E-state index in [1.54, 1.807) is 0 Å². The number of aryl methyl sites for hydroxylation is 1. The van der Waals surface area contributed by atoms with Crippen LogP contribution in [0.1, 0.15) is 43.0 Å². The fourth-order valence-electron chi connectivity index (χ4n) is 3.52. The number of hydrogen-bond donors (Lipinski definition) is 1. The van der Waals surface area contributed by atoms with Crippen LogP contribution in [0.3, 0.4) is 0 Å². The number of carbonyl (C=O) groups is 1. The predicted octanol–water partition coefficient (Wildman–Crippen LogP) is 4.45. The van der Waals surface area contributed by atoms with Crippen molar-refractivity contribution >= 4 is 11.8 Å². The summed E-state index contributed by atoms with van der Waals surface area (Å²) in [5.74, 6) is 0. The van der Waals surface area contributed by atoms with Gasteiger partial charge in [0, 0.05) is 25.3 Å². The monoisotopic (exact) mass is 396 g/mol. The number of nitrogens with one attached hydrogen (secondary N) is 1. The van der Waals surface area contributed by atoms with Crippen LogP contribution in [0, 0.1) is 6.92 Å². The van der Waals surface area contributed by atoms with Crippen LogP contribution in [0.2, 0.25) is 0 Å². The fourth-order valence-corrected chi connectivity index (χ4v) is 3.52. The van der Waals surface area contributed by atoms with Gasteiger partial charge in [0.1, 0.15) is 5.60 Å². The average Bonchev–Trinajstić information content (AvgIpc) is 2.66. The van der Waals surface area contributed by atoms with Gasteiger partial charge in [-0.3, -0.25) is 0 Å². The van der Waals surface area contributed by atoms with Crippen molar-refractivity contribution in [1.82, 2.24) is 5.32 Å². The molecule has 0 bridgehead atoms. The molecule has 1 saturated heterocycles. The molecule has 156 valence electrons. The van der Waals surface area contributed by atoms with Gasteiger partial charge in [-0.1, -0.05) is 35.9 Å². The maximum absolute atomic E-state index is 11.9. The number of benzene rings is 2. The quantitative estimate of drug-likeness (QED) is 0.811. The smallest absolute Gasteiger partial charge is 0.407 e. The van der Waals surface area contributed by atoms with Crippen LogP contribution in [0.15, 0.2) is 42.5 Å². The molecule has 0 radical (unpaired) electrons. The van der Waals surface area contributed by atoms with Gasteiger partial charge in [-0.25, -0.2) is 4.79 Å². The third kappa shape index (κ3) is 6.79. The minimum absolute atomic E-state index is 0.390. The van der Waals surface area contributed by atoms with Gasteiger partial charge in [0.2, 0.25) is 0 Å². The summed E-state index contributed by atoms with van der Waals surface area (Å²) in [6.45, 7) is 11.6. The second kappa shape index (κ2) is 9.31. The van der Waals surface area contributed by atoms with Crippen molar-refractivity contribution in [2.24, 2.45) is 0 Å². The van der Waals surface area contributed by atoms with Crippen LogP contribution in [0.4, 0.5) is 10.5 Å². The lowest BCUT2D eigenvalue weighted by Gasteiger charge is -2.28. The second-order valence-corrected chi connectivity index (χ2v) is 8.62. The van der Waals surface area contributed by atoms with Crippen molar-refractivity contribution in [3.8, 4) is 0 Å². The van der Waals surface area contributed by atoms with Gasteiger partial charge in [0.05, 0.1) is 13.2 Å². The van der Waals surface area contributed by atoms with Crippen LogP contribution in [-0.4, -0.2) is 38.0 Å². The van der Waals surface area contributed by atoms with Crippen LogP contribution in [0.25, 0.3) is 0 Å². The van der Waals surface area contributed by atoms with Crippen molar-refractivity contribution in [3.63, 3.8) is 0 Å². The molecule has 5 heteroatoms. The van der Waals surface area contributed by atoms with E-state index in [0.29, 0.717) is 6.54 Å². The average molecular weight is 397 g/mol. The Balaban J connectivity index is 1.61. The number of carbonyl (C=O) groups excluding carboxylic acids is 1. The third-order valence-corrected chi connectivity index (χ3v) is 4.75. The Kier molecular flexibility index (Phi) is 6.80. The molecule has 1 aliphatic rings. The largest absolute Gasteiger partial charge is 0.444 e. The predicted molar refractivity (Wildman–Crippen MR) is 117 cm³/mol. The molecule has 29 heavy (non-hydrogen) atoms. The molecule has 1 amide bonds. The highest BCUT2D eigenvalue weighted by molar-refractivity contribution is 5.67. The summed E-state index contributed by atoms with van der Waals surface area (Å²) < 4.78 is 10.7. The SMILES string of the molecule is Cc1cc(CNC(=O)OC(C)(C)C)cc(Cc2ccc(N3CCOCC3)cc2)c1. The lowest BCUT2D eigenvalue weighted by Crippen LogP contribution is -2.36. The van der Waals surface area contributed by atoms with Gasteiger partial charge >= 0.3 is 6.09 Å². The summed E-state index contributed by atoms with van der Waals surface area (Å²) in [5, 5.41) is 2.84. The number of ether oxygens (including phenoxy) is 2. The number of nitrogens with zero attached hydrogens (tertiary/aromatic N) is 1. The van der Waals surface area contributed by atoms with Gasteiger partial charge in [0.15, 0.2) is 0 Å². The molecule has 2 aromatic rings. The van der Waals surface area contributed by atoms with E-state index in [9.17, 15) is 4.79 Å². The lowest BCUT2D eigenvalue weighted by atomic mass is 10.00. The Morgan fingerprint density at radius 2 is 1.69 bits per heavy atom. The van der Waals surface area contributed by atoms with Gasteiger partial charge in [-0.15, -0.1) is 0 Å². The number of rotatable bonds is 5.